The Morgan fingerprint density at radius 3 is 2.88 bits per heavy atom. The number of aromatic nitrogens is 1. The van der Waals surface area contributed by atoms with E-state index < -0.39 is 10.0 Å². The van der Waals surface area contributed by atoms with Crippen molar-refractivity contribution in [1.29, 1.82) is 0 Å². The molecule has 1 aromatic heterocycles. The second-order valence-corrected chi connectivity index (χ2v) is 6.09. The third kappa shape index (κ3) is 3.91. The molecule has 0 aliphatic rings. The number of pyridine rings is 1. The zero-order valence-electron chi connectivity index (χ0n) is 9.47. The first-order chi connectivity index (χ1) is 7.86. The van der Waals surface area contributed by atoms with E-state index in [1.807, 2.05) is 0 Å². The topological polar surface area (TPSA) is 94.3 Å². The molecule has 1 atom stereocenters. The average molecular weight is 324 g/mol. The predicted octanol–water partition coefficient (Wildman–Crippen LogP) is 0.740. The second-order valence-electron chi connectivity index (χ2n) is 3.44. The number of hydrogen-bond acceptors (Lipinski definition) is 5. The van der Waals surface area contributed by atoms with Crippen molar-refractivity contribution in [3.05, 3.63) is 16.7 Å². The lowest BCUT2D eigenvalue weighted by atomic mass is 10.4. The molecule has 1 unspecified atom stereocenters. The summed E-state index contributed by atoms with van der Waals surface area (Å²) in [5.74, 6) is -0.0363. The van der Waals surface area contributed by atoms with Crippen LogP contribution in [-0.4, -0.2) is 33.2 Å². The number of nitrogens with one attached hydrogen (secondary N) is 1. The summed E-state index contributed by atoms with van der Waals surface area (Å²) in [4.78, 5) is 3.73. The predicted molar refractivity (Wildman–Crippen MR) is 68.0 cm³/mol. The Morgan fingerprint density at radius 1 is 1.65 bits per heavy atom. The fraction of sp³-hybridized carbons (Fsp3) is 0.444. The van der Waals surface area contributed by atoms with Crippen LogP contribution in [0.1, 0.15) is 6.92 Å². The number of nitrogens with two attached hydrogens (primary N) is 1. The van der Waals surface area contributed by atoms with Gasteiger partial charge in [0.05, 0.1) is 6.10 Å². The highest BCUT2D eigenvalue weighted by Crippen LogP contribution is 2.20. The summed E-state index contributed by atoms with van der Waals surface area (Å²) in [6.07, 6.45) is 1.22. The lowest BCUT2D eigenvalue weighted by Crippen LogP contribution is -2.32. The molecule has 1 aromatic rings. The van der Waals surface area contributed by atoms with Gasteiger partial charge in [-0.3, -0.25) is 0 Å². The molecule has 96 valence electrons. The fourth-order valence-corrected chi connectivity index (χ4v) is 2.74. The first-order valence-corrected chi connectivity index (χ1v) is 7.08. The summed E-state index contributed by atoms with van der Waals surface area (Å²) in [5.41, 5.74) is 5.53. The molecular formula is C9H14BrN3O3S. The molecule has 1 heterocycles. The smallest absolute Gasteiger partial charge is 0.244 e. The molecule has 0 aromatic carbocycles. The zero-order chi connectivity index (χ0) is 13.1. The van der Waals surface area contributed by atoms with Crippen LogP contribution in [0.15, 0.2) is 21.6 Å². The zero-order valence-corrected chi connectivity index (χ0v) is 11.9. The number of hydrogen-bond donors (Lipinski definition) is 2. The van der Waals surface area contributed by atoms with Crippen LogP contribution in [0.25, 0.3) is 0 Å². The Morgan fingerprint density at radius 2 is 2.29 bits per heavy atom. The molecule has 8 heteroatoms. The number of anilines is 1. The highest BCUT2D eigenvalue weighted by Gasteiger charge is 2.19. The van der Waals surface area contributed by atoms with Crippen molar-refractivity contribution >= 4 is 31.8 Å². The van der Waals surface area contributed by atoms with Gasteiger partial charge in [-0.1, -0.05) is 0 Å². The van der Waals surface area contributed by atoms with Crippen molar-refractivity contribution in [2.24, 2.45) is 0 Å². The maximum Gasteiger partial charge on any atom is 0.244 e. The van der Waals surface area contributed by atoms with E-state index in [9.17, 15) is 8.42 Å². The Kier molecular flexibility index (Phi) is 4.87. The van der Waals surface area contributed by atoms with Gasteiger partial charge in [-0.15, -0.1) is 0 Å². The maximum absolute atomic E-state index is 11.9. The van der Waals surface area contributed by atoms with Crippen LogP contribution in [0.5, 0.6) is 0 Å². The van der Waals surface area contributed by atoms with Gasteiger partial charge < -0.3 is 10.5 Å². The number of nitrogen functional groups attached to an aromatic ring is 1. The molecular weight excluding hydrogens is 310 g/mol. The molecule has 0 saturated heterocycles. The SMILES string of the molecule is COC(C)CNS(=O)(=O)c1cc(Br)cnc1N. The number of sulfonamides is 1. The van der Waals surface area contributed by atoms with Gasteiger partial charge >= 0.3 is 0 Å². The molecule has 0 spiro atoms. The molecule has 0 fully saturated rings. The molecule has 6 nitrogen and oxygen atoms in total. The first kappa shape index (κ1) is 14.4. The van der Waals surface area contributed by atoms with E-state index in [2.05, 4.69) is 25.6 Å². The van der Waals surface area contributed by atoms with Crippen LogP contribution >= 0.6 is 15.9 Å². The van der Waals surface area contributed by atoms with E-state index >= 15 is 0 Å². The standard InChI is InChI=1S/C9H14BrN3O3S/c1-6(16-2)4-13-17(14,15)8-3-7(10)5-12-9(8)11/h3,5-6,13H,4H2,1-2H3,(H2,11,12). The van der Waals surface area contributed by atoms with Gasteiger partial charge in [0.25, 0.3) is 0 Å². The van der Waals surface area contributed by atoms with Crippen LogP contribution in [0.2, 0.25) is 0 Å². The van der Waals surface area contributed by atoms with Gasteiger partial charge in [0.2, 0.25) is 10.0 Å². The second kappa shape index (κ2) is 5.76. The number of rotatable bonds is 5. The van der Waals surface area contributed by atoms with E-state index in [0.29, 0.717) is 4.47 Å². The van der Waals surface area contributed by atoms with Crippen molar-refractivity contribution in [3.63, 3.8) is 0 Å². The van der Waals surface area contributed by atoms with Crippen molar-refractivity contribution in [1.82, 2.24) is 9.71 Å². The van der Waals surface area contributed by atoms with E-state index in [-0.39, 0.29) is 23.4 Å². The molecule has 17 heavy (non-hydrogen) atoms. The first-order valence-electron chi connectivity index (χ1n) is 4.80. The summed E-state index contributed by atoms with van der Waals surface area (Å²) in [6, 6.07) is 1.40. The minimum atomic E-state index is -3.67. The Labute approximate surface area is 109 Å². The molecule has 0 amide bonds. The van der Waals surface area contributed by atoms with Crippen molar-refractivity contribution in [2.45, 2.75) is 17.9 Å². The van der Waals surface area contributed by atoms with Crippen LogP contribution in [0.4, 0.5) is 5.82 Å². The quantitative estimate of drug-likeness (QED) is 0.833. The molecule has 0 aliphatic carbocycles. The van der Waals surface area contributed by atoms with Crippen LogP contribution < -0.4 is 10.5 Å². The normalized spacial score (nSPS) is 13.6. The maximum atomic E-state index is 11.9. The van der Waals surface area contributed by atoms with E-state index in [0.717, 1.165) is 0 Å². The van der Waals surface area contributed by atoms with Crippen molar-refractivity contribution in [2.75, 3.05) is 19.4 Å². The number of ether oxygens (including phenoxy) is 1. The summed E-state index contributed by atoms with van der Waals surface area (Å²) in [6.45, 7) is 1.93. The summed E-state index contributed by atoms with van der Waals surface area (Å²) in [7, 11) is -2.16. The van der Waals surface area contributed by atoms with Gasteiger partial charge in [-0.2, -0.15) is 0 Å². The summed E-state index contributed by atoms with van der Waals surface area (Å²) >= 11 is 3.15. The van der Waals surface area contributed by atoms with Gasteiger partial charge in [-0.05, 0) is 28.9 Å². The van der Waals surface area contributed by atoms with Gasteiger partial charge in [0.15, 0.2) is 0 Å². The lowest BCUT2D eigenvalue weighted by Gasteiger charge is -2.12. The third-order valence-electron chi connectivity index (χ3n) is 2.10. The van der Waals surface area contributed by atoms with Gasteiger partial charge in [0, 0.05) is 24.3 Å². The minimum absolute atomic E-state index is 0.0363. The summed E-state index contributed by atoms with van der Waals surface area (Å²) < 4.78 is 31.7. The Hall–Kier alpha value is -0.700. The molecule has 0 radical (unpaired) electrons. The lowest BCUT2D eigenvalue weighted by molar-refractivity contribution is 0.122. The van der Waals surface area contributed by atoms with Gasteiger partial charge in [-0.25, -0.2) is 18.1 Å². The summed E-state index contributed by atoms with van der Waals surface area (Å²) in [5, 5.41) is 0. The van der Waals surface area contributed by atoms with E-state index in [1.165, 1.54) is 19.4 Å². The number of methoxy groups -OCH3 is 1. The molecule has 3 N–H and O–H groups in total. The van der Waals surface area contributed by atoms with Crippen LogP contribution in [0, 0.1) is 0 Å². The highest BCUT2D eigenvalue weighted by atomic mass is 79.9. The van der Waals surface area contributed by atoms with Crippen LogP contribution in [-0.2, 0) is 14.8 Å². The Bertz CT molecular complexity index is 492. The average Bonchev–Trinajstić information content (AvgIpc) is 2.29. The molecule has 0 saturated carbocycles. The van der Waals surface area contributed by atoms with Crippen molar-refractivity contribution < 1.29 is 13.2 Å². The largest absolute Gasteiger partial charge is 0.383 e. The fourth-order valence-electron chi connectivity index (χ4n) is 1.03. The third-order valence-corrected chi connectivity index (χ3v) is 3.99. The number of halogens is 1. The molecule has 0 aliphatic heterocycles. The number of nitrogens with zero attached hydrogens (tertiary/aromatic N) is 1. The van der Waals surface area contributed by atoms with Crippen LogP contribution in [0.3, 0.4) is 0 Å². The monoisotopic (exact) mass is 323 g/mol. The van der Waals surface area contributed by atoms with Crippen molar-refractivity contribution in [3.8, 4) is 0 Å². The van der Waals surface area contributed by atoms with Gasteiger partial charge in [0.1, 0.15) is 10.7 Å². The minimum Gasteiger partial charge on any atom is -0.383 e. The molecule has 1 rings (SSSR count). The highest BCUT2D eigenvalue weighted by molar-refractivity contribution is 9.10. The van der Waals surface area contributed by atoms with E-state index in [4.69, 9.17) is 10.5 Å². The Balaban J connectivity index is 2.93. The molecule has 0 bridgehead atoms. The van der Waals surface area contributed by atoms with E-state index in [1.54, 1.807) is 6.92 Å².